The molecule has 2 rings (SSSR count). The Bertz CT molecular complexity index is 470. The SMILES string of the molecule is CCCc1cc(C(=O)O)cc(N(C)C2CCOCC2)n1. The Morgan fingerprint density at radius 2 is 2.15 bits per heavy atom. The summed E-state index contributed by atoms with van der Waals surface area (Å²) < 4.78 is 5.37. The van der Waals surface area contributed by atoms with Gasteiger partial charge in [0, 0.05) is 32.0 Å². The number of aryl methyl sites for hydroxylation is 1. The van der Waals surface area contributed by atoms with Crippen molar-refractivity contribution < 1.29 is 14.6 Å². The Kier molecular flexibility index (Phi) is 4.95. The van der Waals surface area contributed by atoms with Gasteiger partial charge in [0.1, 0.15) is 5.82 Å². The summed E-state index contributed by atoms with van der Waals surface area (Å²) in [6, 6.07) is 3.71. The van der Waals surface area contributed by atoms with Crippen LogP contribution in [-0.2, 0) is 11.2 Å². The molecule has 1 aliphatic rings. The molecule has 2 heterocycles. The van der Waals surface area contributed by atoms with Crippen molar-refractivity contribution in [2.45, 2.75) is 38.6 Å². The smallest absolute Gasteiger partial charge is 0.335 e. The monoisotopic (exact) mass is 278 g/mol. The van der Waals surface area contributed by atoms with E-state index in [1.807, 2.05) is 7.05 Å². The summed E-state index contributed by atoms with van der Waals surface area (Å²) in [5, 5.41) is 9.23. The highest BCUT2D eigenvalue weighted by molar-refractivity contribution is 5.88. The van der Waals surface area contributed by atoms with Crippen LogP contribution in [0.3, 0.4) is 0 Å². The van der Waals surface area contributed by atoms with Crippen LogP contribution in [0.15, 0.2) is 12.1 Å². The first-order valence-electron chi connectivity index (χ1n) is 7.16. The van der Waals surface area contributed by atoms with Crippen LogP contribution < -0.4 is 4.90 Å². The maximum atomic E-state index is 11.2. The summed E-state index contributed by atoms with van der Waals surface area (Å²) in [6.45, 7) is 3.59. The van der Waals surface area contributed by atoms with Crippen molar-refractivity contribution in [3.63, 3.8) is 0 Å². The second kappa shape index (κ2) is 6.70. The van der Waals surface area contributed by atoms with E-state index in [0.29, 0.717) is 11.6 Å². The molecule has 0 aromatic carbocycles. The molecule has 0 amide bonds. The van der Waals surface area contributed by atoms with E-state index in [1.54, 1.807) is 12.1 Å². The van der Waals surface area contributed by atoms with Gasteiger partial charge in [-0.15, -0.1) is 0 Å². The van der Waals surface area contributed by atoms with Crippen molar-refractivity contribution in [1.82, 2.24) is 4.98 Å². The Hall–Kier alpha value is -1.62. The average Bonchev–Trinajstić information content (AvgIpc) is 2.47. The molecule has 1 aromatic heterocycles. The predicted molar refractivity (Wildman–Crippen MR) is 77.4 cm³/mol. The zero-order valence-electron chi connectivity index (χ0n) is 12.1. The van der Waals surface area contributed by atoms with Gasteiger partial charge in [0.05, 0.1) is 5.56 Å². The average molecular weight is 278 g/mol. The van der Waals surface area contributed by atoms with Crippen molar-refractivity contribution in [3.05, 3.63) is 23.4 Å². The first-order chi connectivity index (χ1) is 9.61. The third kappa shape index (κ3) is 3.48. The van der Waals surface area contributed by atoms with Gasteiger partial charge >= 0.3 is 5.97 Å². The Morgan fingerprint density at radius 1 is 1.45 bits per heavy atom. The van der Waals surface area contributed by atoms with Gasteiger partial charge in [-0.1, -0.05) is 13.3 Å². The summed E-state index contributed by atoms with van der Waals surface area (Å²) in [6.07, 6.45) is 3.67. The molecular formula is C15H22N2O3. The number of nitrogens with zero attached hydrogens (tertiary/aromatic N) is 2. The molecular weight excluding hydrogens is 256 g/mol. The van der Waals surface area contributed by atoms with Gasteiger partial charge < -0.3 is 14.7 Å². The van der Waals surface area contributed by atoms with Crippen LogP contribution in [0.4, 0.5) is 5.82 Å². The number of rotatable bonds is 5. The van der Waals surface area contributed by atoms with Crippen LogP contribution in [0.2, 0.25) is 0 Å². The maximum Gasteiger partial charge on any atom is 0.335 e. The van der Waals surface area contributed by atoms with Crippen molar-refractivity contribution >= 4 is 11.8 Å². The van der Waals surface area contributed by atoms with E-state index in [2.05, 4.69) is 16.8 Å². The van der Waals surface area contributed by atoms with Gasteiger partial charge in [-0.25, -0.2) is 9.78 Å². The number of aromatic carboxylic acids is 1. The molecule has 110 valence electrons. The van der Waals surface area contributed by atoms with Crippen LogP contribution in [-0.4, -0.2) is 42.4 Å². The lowest BCUT2D eigenvalue weighted by molar-refractivity contribution is 0.0696. The van der Waals surface area contributed by atoms with Gasteiger partial charge in [-0.05, 0) is 31.4 Å². The van der Waals surface area contributed by atoms with Crippen LogP contribution in [0, 0.1) is 0 Å². The van der Waals surface area contributed by atoms with Gasteiger partial charge in [-0.2, -0.15) is 0 Å². The molecule has 5 heteroatoms. The minimum atomic E-state index is -0.897. The lowest BCUT2D eigenvalue weighted by atomic mass is 10.1. The number of hydrogen-bond acceptors (Lipinski definition) is 4. The number of anilines is 1. The third-order valence-corrected chi connectivity index (χ3v) is 3.72. The molecule has 1 saturated heterocycles. The van der Waals surface area contributed by atoms with E-state index in [9.17, 15) is 9.90 Å². The molecule has 20 heavy (non-hydrogen) atoms. The zero-order valence-corrected chi connectivity index (χ0v) is 12.1. The third-order valence-electron chi connectivity index (χ3n) is 3.72. The van der Waals surface area contributed by atoms with Crippen molar-refractivity contribution in [2.75, 3.05) is 25.2 Å². The van der Waals surface area contributed by atoms with Gasteiger partial charge in [0.25, 0.3) is 0 Å². The summed E-state index contributed by atoms with van der Waals surface area (Å²) in [4.78, 5) is 17.9. The standard InChI is InChI=1S/C15H22N2O3/c1-3-4-12-9-11(15(18)19)10-14(16-12)17(2)13-5-7-20-8-6-13/h9-10,13H,3-8H2,1-2H3,(H,18,19). The van der Waals surface area contributed by atoms with E-state index in [0.717, 1.165) is 50.4 Å². The molecule has 5 nitrogen and oxygen atoms in total. The number of hydrogen-bond donors (Lipinski definition) is 1. The Labute approximate surface area is 119 Å². The highest BCUT2D eigenvalue weighted by Crippen LogP contribution is 2.21. The molecule has 1 N–H and O–H groups in total. The molecule has 1 aliphatic heterocycles. The summed E-state index contributed by atoms with van der Waals surface area (Å²) in [5.41, 5.74) is 1.17. The van der Waals surface area contributed by atoms with Crippen molar-refractivity contribution in [1.29, 1.82) is 0 Å². The quantitative estimate of drug-likeness (QED) is 0.895. The van der Waals surface area contributed by atoms with Crippen molar-refractivity contribution in [2.24, 2.45) is 0 Å². The fraction of sp³-hybridized carbons (Fsp3) is 0.600. The molecule has 0 aliphatic carbocycles. The molecule has 1 fully saturated rings. The zero-order chi connectivity index (χ0) is 14.5. The first-order valence-corrected chi connectivity index (χ1v) is 7.16. The topological polar surface area (TPSA) is 62.7 Å². The predicted octanol–water partition coefficient (Wildman–Crippen LogP) is 2.35. The number of pyridine rings is 1. The second-order valence-electron chi connectivity index (χ2n) is 5.21. The summed E-state index contributed by atoms with van der Waals surface area (Å²) in [7, 11) is 1.99. The molecule has 0 radical (unpaired) electrons. The number of ether oxygens (including phenoxy) is 1. The van der Waals surface area contributed by atoms with Gasteiger partial charge in [0.15, 0.2) is 0 Å². The highest BCUT2D eigenvalue weighted by Gasteiger charge is 2.21. The minimum Gasteiger partial charge on any atom is -0.478 e. The Balaban J connectivity index is 2.26. The Morgan fingerprint density at radius 3 is 2.75 bits per heavy atom. The molecule has 1 aromatic rings. The van der Waals surface area contributed by atoms with Crippen LogP contribution in [0.1, 0.15) is 42.2 Å². The van der Waals surface area contributed by atoms with E-state index < -0.39 is 5.97 Å². The number of carboxylic acids is 1. The highest BCUT2D eigenvalue weighted by atomic mass is 16.5. The van der Waals surface area contributed by atoms with Gasteiger partial charge in [-0.3, -0.25) is 0 Å². The minimum absolute atomic E-state index is 0.317. The van der Waals surface area contributed by atoms with Crippen LogP contribution >= 0.6 is 0 Å². The number of aromatic nitrogens is 1. The number of carbonyl (C=O) groups is 1. The van der Waals surface area contributed by atoms with Crippen LogP contribution in [0.25, 0.3) is 0 Å². The van der Waals surface area contributed by atoms with Crippen molar-refractivity contribution in [3.8, 4) is 0 Å². The summed E-state index contributed by atoms with van der Waals surface area (Å²) >= 11 is 0. The number of carboxylic acid groups (broad SMARTS) is 1. The van der Waals surface area contributed by atoms with Gasteiger partial charge in [0.2, 0.25) is 0 Å². The normalized spacial score (nSPS) is 16.1. The fourth-order valence-corrected chi connectivity index (χ4v) is 2.52. The summed E-state index contributed by atoms with van der Waals surface area (Å²) in [5.74, 6) is -0.147. The fourth-order valence-electron chi connectivity index (χ4n) is 2.52. The van der Waals surface area contributed by atoms with E-state index >= 15 is 0 Å². The second-order valence-corrected chi connectivity index (χ2v) is 5.21. The molecule has 0 spiro atoms. The molecule has 0 bridgehead atoms. The van der Waals surface area contributed by atoms with E-state index in [1.165, 1.54) is 0 Å². The van der Waals surface area contributed by atoms with E-state index in [4.69, 9.17) is 4.74 Å². The molecule has 0 unspecified atom stereocenters. The maximum absolute atomic E-state index is 11.2. The van der Waals surface area contributed by atoms with E-state index in [-0.39, 0.29) is 0 Å². The lowest BCUT2D eigenvalue weighted by Crippen LogP contribution is -2.37. The lowest BCUT2D eigenvalue weighted by Gasteiger charge is -2.32. The molecule has 0 atom stereocenters. The first kappa shape index (κ1) is 14.8. The van der Waals surface area contributed by atoms with Crippen LogP contribution in [0.5, 0.6) is 0 Å². The largest absolute Gasteiger partial charge is 0.478 e. The molecule has 0 saturated carbocycles.